The van der Waals surface area contributed by atoms with Crippen LogP contribution in [0.2, 0.25) is 0 Å². The lowest BCUT2D eigenvalue weighted by Crippen LogP contribution is -2.40. The number of nitrogens with two attached hydrogens (primary N) is 1. The van der Waals surface area contributed by atoms with E-state index < -0.39 is 0 Å². The van der Waals surface area contributed by atoms with Gasteiger partial charge in [-0.1, -0.05) is 12.1 Å². The molecule has 4 nitrogen and oxygen atoms in total. The maximum absolute atomic E-state index is 11.7. The number of aromatic amines is 1. The lowest BCUT2D eigenvalue weighted by molar-refractivity contribution is 0.267. The molecular formula is C11H13N3O. The van der Waals surface area contributed by atoms with Gasteiger partial charge in [-0.2, -0.15) is 0 Å². The molecule has 0 saturated heterocycles. The highest BCUT2D eigenvalue weighted by atomic mass is 16.1. The molecule has 0 radical (unpaired) electrons. The van der Waals surface area contributed by atoms with E-state index in [1.54, 1.807) is 0 Å². The molecule has 0 spiro atoms. The Labute approximate surface area is 86.7 Å². The fourth-order valence-corrected chi connectivity index (χ4v) is 2.28. The summed E-state index contributed by atoms with van der Waals surface area (Å²) in [6.45, 7) is 0. The molecule has 1 aromatic carbocycles. The van der Waals surface area contributed by atoms with Crippen molar-refractivity contribution in [2.75, 3.05) is 0 Å². The van der Waals surface area contributed by atoms with E-state index in [0.29, 0.717) is 0 Å². The van der Waals surface area contributed by atoms with Crippen molar-refractivity contribution >= 4 is 11.0 Å². The predicted molar refractivity (Wildman–Crippen MR) is 58.8 cm³/mol. The fraction of sp³-hybridized carbons (Fsp3) is 0.364. The summed E-state index contributed by atoms with van der Waals surface area (Å²) < 4.78 is 1.83. The van der Waals surface area contributed by atoms with Crippen LogP contribution in [0.4, 0.5) is 0 Å². The largest absolute Gasteiger partial charge is 0.328 e. The van der Waals surface area contributed by atoms with Crippen LogP contribution in [-0.4, -0.2) is 15.6 Å². The normalized spacial score (nSPS) is 25.4. The molecule has 1 saturated carbocycles. The van der Waals surface area contributed by atoms with Gasteiger partial charge in [0.15, 0.2) is 0 Å². The van der Waals surface area contributed by atoms with Gasteiger partial charge in [0.25, 0.3) is 0 Å². The number of hydrogen-bond acceptors (Lipinski definition) is 2. The summed E-state index contributed by atoms with van der Waals surface area (Å²) in [7, 11) is 0. The number of H-pyrrole nitrogens is 1. The van der Waals surface area contributed by atoms with E-state index in [2.05, 4.69) is 4.98 Å². The molecule has 1 aliphatic carbocycles. The lowest BCUT2D eigenvalue weighted by atomic mass is 9.87. The first-order valence-corrected chi connectivity index (χ1v) is 5.20. The van der Waals surface area contributed by atoms with Gasteiger partial charge < -0.3 is 10.7 Å². The van der Waals surface area contributed by atoms with Crippen molar-refractivity contribution in [3.63, 3.8) is 0 Å². The molecule has 0 atom stereocenters. The van der Waals surface area contributed by atoms with Crippen LogP contribution >= 0.6 is 0 Å². The van der Waals surface area contributed by atoms with E-state index in [-0.39, 0.29) is 17.8 Å². The number of rotatable bonds is 1. The fourth-order valence-electron chi connectivity index (χ4n) is 2.28. The van der Waals surface area contributed by atoms with Crippen LogP contribution in [0.5, 0.6) is 0 Å². The number of imidazole rings is 1. The van der Waals surface area contributed by atoms with Crippen LogP contribution in [-0.2, 0) is 0 Å². The third kappa shape index (κ3) is 1.22. The predicted octanol–water partition coefficient (Wildman–Crippen LogP) is 0.992. The van der Waals surface area contributed by atoms with Gasteiger partial charge in [-0.3, -0.25) is 4.57 Å². The van der Waals surface area contributed by atoms with Gasteiger partial charge in [-0.15, -0.1) is 0 Å². The molecule has 1 aromatic heterocycles. The Morgan fingerprint density at radius 2 is 2.07 bits per heavy atom. The standard InChI is InChI=1S/C11H13N3O/c12-7-5-8(6-7)14-10-4-2-1-3-9(10)13-11(14)15/h1-4,7-8H,5-6,12H2,(H,13,15)/t7-,8-. The SMILES string of the molecule is N[C@H]1C[C@H](n2c(=O)[nH]c3ccccc32)C1. The summed E-state index contributed by atoms with van der Waals surface area (Å²) in [5, 5.41) is 0. The average molecular weight is 203 g/mol. The van der Waals surface area contributed by atoms with Gasteiger partial charge >= 0.3 is 5.69 Å². The third-order valence-electron chi connectivity index (χ3n) is 3.14. The molecule has 78 valence electrons. The second-order valence-corrected chi connectivity index (χ2v) is 4.20. The Balaban J connectivity index is 2.17. The Morgan fingerprint density at radius 1 is 1.33 bits per heavy atom. The van der Waals surface area contributed by atoms with E-state index >= 15 is 0 Å². The van der Waals surface area contributed by atoms with Crippen molar-refractivity contribution in [2.24, 2.45) is 5.73 Å². The van der Waals surface area contributed by atoms with Gasteiger partial charge in [0, 0.05) is 12.1 Å². The van der Waals surface area contributed by atoms with Crippen molar-refractivity contribution in [3.05, 3.63) is 34.7 Å². The van der Waals surface area contributed by atoms with Gasteiger partial charge in [0.2, 0.25) is 0 Å². The first-order valence-electron chi connectivity index (χ1n) is 5.20. The van der Waals surface area contributed by atoms with E-state index in [9.17, 15) is 4.79 Å². The molecule has 4 heteroatoms. The number of nitrogens with one attached hydrogen (secondary N) is 1. The van der Waals surface area contributed by atoms with Crippen LogP contribution in [0.25, 0.3) is 11.0 Å². The second kappa shape index (κ2) is 2.97. The summed E-state index contributed by atoms with van der Waals surface area (Å²) in [6, 6.07) is 8.31. The third-order valence-corrected chi connectivity index (χ3v) is 3.14. The quantitative estimate of drug-likeness (QED) is 0.726. The lowest BCUT2D eigenvalue weighted by Gasteiger charge is -2.33. The average Bonchev–Trinajstić information content (AvgIpc) is 2.49. The number of nitrogens with zero attached hydrogens (tertiary/aromatic N) is 1. The Hall–Kier alpha value is -1.55. The summed E-state index contributed by atoms with van der Waals surface area (Å²) in [5.41, 5.74) is 7.61. The number of benzene rings is 1. The smallest absolute Gasteiger partial charge is 0.326 e. The number of fused-ring (bicyclic) bond motifs is 1. The molecule has 1 aliphatic rings. The van der Waals surface area contributed by atoms with Crippen molar-refractivity contribution in [1.29, 1.82) is 0 Å². The molecule has 1 fully saturated rings. The highest BCUT2D eigenvalue weighted by molar-refractivity contribution is 5.75. The van der Waals surface area contributed by atoms with Crippen LogP contribution in [0, 0.1) is 0 Å². The summed E-state index contributed by atoms with van der Waals surface area (Å²) >= 11 is 0. The Kier molecular flexibility index (Phi) is 1.73. The second-order valence-electron chi connectivity index (χ2n) is 4.20. The van der Waals surface area contributed by atoms with Crippen molar-refractivity contribution in [3.8, 4) is 0 Å². The van der Waals surface area contributed by atoms with E-state index in [1.165, 1.54) is 0 Å². The van der Waals surface area contributed by atoms with Gasteiger partial charge in [-0.05, 0) is 25.0 Å². The molecule has 2 aromatic rings. The van der Waals surface area contributed by atoms with Crippen molar-refractivity contribution in [2.45, 2.75) is 24.9 Å². The maximum Gasteiger partial charge on any atom is 0.326 e. The Morgan fingerprint density at radius 3 is 2.80 bits per heavy atom. The van der Waals surface area contributed by atoms with Gasteiger partial charge in [0.05, 0.1) is 11.0 Å². The van der Waals surface area contributed by atoms with E-state index in [0.717, 1.165) is 23.9 Å². The van der Waals surface area contributed by atoms with E-state index in [1.807, 2.05) is 28.8 Å². The first kappa shape index (κ1) is 8.73. The molecule has 0 aliphatic heterocycles. The molecule has 3 N–H and O–H groups in total. The molecule has 3 rings (SSSR count). The Bertz CT molecular complexity index is 548. The first-order chi connectivity index (χ1) is 7.25. The molecule has 0 unspecified atom stereocenters. The van der Waals surface area contributed by atoms with Crippen molar-refractivity contribution < 1.29 is 0 Å². The van der Waals surface area contributed by atoms with Gasteiger partial charge in [0.1, 0.15) is 0 Å². The van der Waals surface area contributed by atoms with Crippen LogP contribution in [0.15, 0.2) is 29.1 Å². The summed E-state index contributed by atoms with van der Waals surface area (Å²) in [4.78, 5) is 14.6. The zero-order valence-electron chi connectivity index (χ0n) is 8.31. The molecule has 1 heterocycles. The van der Waals surface area contributed by atoms with Crippen LogP contribution in [0.3, 0.4) is 0 Å². The van der Waals surface area contributed by atoms with Gasteiger partial charge in [-0.25, -0.2) is 4.79 Å². The molecule has 0 bridgehead atoms. The highest BCUT2D eigenvalue weighted by Gasteiger charge is 2.29. The number of aromatic nitrogens is 2. The number of para-hydroxylation sites is 2. The zero-order valence-corrected chi connectivity index (χ0v) is 8.31. The minimum Gasteiger partial charge on any atom is -0.328 e. The molecule has 0 amide bonds. The summed E-state index contributed by atoms with van der Waals surface area (Å²) in [6.07, 6.45) is 1.81. The molecular weight excluding hydrogens is 190 g/mol. The maximum atomic E-state index is 11.7. The zero-order chi connectivity index (χ0) is 10.4. The minimum absolute atomic E-state index is 0.0203. The molecule has 15 heavy (non-hydrogen) atoms. The van der Waals surface area contributed by atoms with Crippen LogP contribution < -0.4 is 11.4 Å². The minimum atomic E-state index is -0.0203. The number of hydrogen-bond donors (Lipinski definition) is 2. The van der Waals surface area contributed by atoms with Crippen molar-refractivity contribution in [1.82, 2.24) is 9.55 Å². The summed E-state index contributed by atoms with van der Waals surface area (Å²) in [5.74, 6) is 0. The van der Waals surface area contributed by atoms with Crippen LogP contribution in [0.1, 0.15) is 18.9 Å². The monoisotopic (exact) mass is 203 g/mol. The topological polar surface area (TPSA) is 63.8 Å². The van der Waals surface area contributed by atoms with E-state index in [4.69, 9.17) is 5.73 Å². The highest BCUT2D eigenvalue weighted by Crippen LogP contribution is 2.31.